The number of likely N-dealkylation sites (N-methyl/N-ethyl adjacent to an activating group) is 1. The first kappa shape index (κ1) is 24.1. The summed E-state index contributed by atoms with van der Waals surface area (Å²) in [6.45, 7) is 7.44. The van der Waals surface area contributed by atoms with E-state index in [4.69, 9.17) is 9.47 Å². The van der Waals surface area contributed by atoms with Crippen molar-refractivity contribution in [3.05, 3.63) is 29.8 Å². The topological polar surface area (TPSA) is 57.6 Å². The van der Waals surface area contributed by atoms with Gasteiger partial charge in [-0.15, -0.1) is 0 Å². The summed E-state index contributed by atoms with van der Waals surface area (Å²) >= 11 is 0. The smallest absolute Gasteiger partial charge is 0.256 e. The Kier molecular flexibility index (Phi) is 7.54. The molecule has 0 saturated carbocycles. The summed E-state index contributed by atoms with van der Waals surface area (Å²) < 4.78 is 11.8. The van der Waals surface area contributed by atoms with Crippen LogP contribution in [-0.2, 0) is 0 Å². The second-order valence-corrected chi connectivity index (χ2v) is 10.1. The van der Waals surface area contributed by atoms with E-state index in [-0.39, 0.29) is 11.9 Å². The van der Waals surface area contributed by atoms with Crippen LogP contribution >= 0.6 is 0 Å². The fourth-order valence-electron chi connectivity index (χ4n) is 5.41. The molecule has 2 aromatic carbocycles. The van der Waals surface area contributed by atoms with Gasteiger partial charge in [0.2, 0.25) is 0 Å². The number of amides is 1. The van der Waals surface area contributed by atoms with Gasteiger partial charge >= 0.3 is 0 Å². The highest BCUT2D eigenvalue weighted by Gasteiger charge is 2.31. The van der Waals surface area contributed by atoms with Gasteiger partial charge in [-0.1, -0.05) is 12.8 Å². The predicted molar refractivity (Wildman–Crippen MR) is 141 cm³/mol. The Labute approximate surface area is 208 Å². The molecule has 3 heterocycles. The molecular formula is C28H38N4O3. The van der Waals surface area contributed by atoms with E-state index in [9.17, 15) is 4.79 Å². The third-order valence-electron chi connectivity index (χ3n) is 7.64. The molecule has 0 unspecified atom stereocenters. The minimum absolute atomic E-state index is 0.0803. The van der Waals surface area contributed by atoms with E-state index in [1.165, 1.54) is 52.0 Å². The van der Waals surface area contributed by atoms with Crippen LogP contribution in [0.3, 0.4) is 0 Å². The number of benzene rings is 2. The van der Waals surface area contributed by atoms with Crippen molar-refractivity contribution in [1.82, 2.24) is 14.7 Å². The summed E-state index contributed by atoms with van der Waals surface area (Å²) in [5.41, 5.74) is 1.42. The van der Waals surface area contributed by atoms with Gasteiger partial charge in [0.25, 0.3) is 5.91 Å². The number of carbonyl (C=O) groups excluding carboxylic acids is 1. The van der Waals surface area contributed by atoms with Crippen LogP contribution in [0, 0.1) is 0 Å². The van der Waals surface area contributed by atoms with Crippen molar-refractivity contribution in [3.8, 4) is 11.5 Å². The molecule has 188 valence electrons. The Bertz CT molecular complexity index is 1080. The highest BCUT2D eigenvalue weighted by molar-refractivity contribution is 6.07. The number of hydrogen-bond donors (Lipinski definition) is 0. The van der Waals surface area contributed by atoms with Crippen LogP contribution in [0.2, 0.25) is 0 Å². The summed E-state index contributed by atoms with van der Waals surface area (Å²) in [6.07, 6.45) is 8.64. The van der Waals surface area contributed by atoms with Crippen LogP contribution in [0.15, 0.2) is 29.3 Å². The maximum Gasteiger partial charge on any atom is 0.256 e. The van der Waals surface area contributed by atoms with Crippen molar-refractivity contribution in [3.63, 3.8) is 0 Å². The van der Waals surface area contributed by atoms with Gasteiger partial charge in [0.15, 0.2) is 11.5 Å². The first-order valence-electron chi connectivity index (χ1n) is 13.2. The molecule has 1 atom stereocenters. The van der Waals surface area contributed by atoms with E-state index in [0.29, 0.717) is 12.2 Å². The van der Waals surface area contributed by atoms with Crippen LogP contribution in [0.25, 0.3) is 10.8 Å². The summed E-state index contributed by atoms with van der Waals surface area (Å²) in [5.74, 6) is 1.54. The maximum absolute atomic E-state index is 13.2. The third kappa shape index (κ3) is 5.46. The van der Waals surface area contributed by atoms with Crippen LogP contribution in [0.1, 0.15) is 48.9 Å². The molecule has 7 heteroatoms. The number of methoxy groups -OCH3 is 1. The first-order valence-corrected chi connectivity index (χ1v) is 13.2. The van der Waals surface area contributed by atoms with E-state index < -0.39 is 0 Å². The normalized spacial score (nSPS) is 20.7. The van der Waals surface area contributed by atoms with Crippen molar-refractivity contribution < 1.29 is 14.3 Å². The summed E-state index contributed by atoms with van der Waals surface area (Å²) in [4.78, 5) is 24.8. The monoisotopic (exact) mass is 478 g/mol. The minimum Gasteiger partial charge on any atom is -0.493 e. The summed E-state index contributed by atoms with van der Waals surface area (Å²) in [6, 6.07) is 8.08. The van der Waals surface area contributed by atoms with Crippen LogP contribution in [0.5, 0.6) is 11.5 Å². The average molecular weight is 479 g/mol. The zero-order chi connectivity index (χ0) is 24.2. The Morgan fingerprint density at radius 3 is 2.54 bits per heavy atom. The second-order valence-electron chi connectivity index (χ2n) is 10.1. The molecule has 0 radical (unpaired) electrons. The largest absolute Gasteiger partial charge is 0.493 e. The molecule has 1 amide bonds. The average Bonchev–Trinajstić information content (AvgIpc) is 3.30. The number of ether oxygens (including phenoxy) is 2. The van der Waals surface area contributed by atoms with E-state index in [1.54, 1.807) is 7.11 Å². The maximum atomic E-state index is 13.2. The summed E-state index contributed by atoms with van der Waals surface area (Å²) in [7, 11) is 3.87. The zero-order valence-corrected chi connectivity index (χ0v) is 21.2. The highest BCUT2D eigenvalue weighted by atomic mass is 16.5. The lowest BCUT2D eigenvalue weighted by atomic mass is 10.0. The molecule has 2 fully saturated rings. The van der Waals surface area contributed by atoms with E-state index in [2.05, 4.69) is 21.8 Å². The van der Waals surface area contributed by atoms with Gasteiger partial charge in [0.1, 0.15) is 0 Å². The fourth-order valence-corrected chi connectivity index (χ4v) is 5.41. The Morgan fingerprint density at radius 1 is 0.943 bits per heavy atom. The number of fused-ring (bicyclic) bond motifs is 3. The Morgan fingerprint density at radius 2 is 1.71 bits per heavy atom. The Balaban J connectivity index is 1.18. The molecule has 5 rings (SSSR count). The van der Waals surface area contributed by atoms with Crippen LogP contribution in [0.4, 0.5) is 5.69 Å². The minimum atomic E-state index is 0.0803. The Hall–Kier alpha value is -2.64. The molecule has 0 aromatic heterocycles. The van der Waals surface area contributed by atoms with Crippen molar-refractivity contribution in [1.29, 1.82) is 0 Å². The highest BCUT2D eigenvalue weighted by Crippen LogP contribution is 2.37. The molecule has 3 aliphatic rings. The number of rotatable bonds is 9. The lowest BCUT2D eigenvalue weighted by Crippen LogP contribution is -2.44. The van der Waals surface area contributed by atoms with Crippen molar-refractivity contribution in [2.24, 2.45) is 4.99 Å². The van der Waals surface area contributed by atoms with Gasteiger partial charge in [-0.05, 0) is 74.3 Å². The standard InChI is InChI=1S/C28H38N4O3/c1-30-11-13-31(14-12-30)9-5-3-4-6-15-35-27-19-21-16-24-25(17-22(21)18-26(27)34-2)29-20-23-8-7-10-32(23)28(24)33/h16-20,23H,3-15H2,1-2H3/t23-/m0/s1. The lowest BCUT2D eigenvalue weighted by Gasteiger charge is -2.32. The molecule has 7 nitrogen and oxygen atoms in total. The van der Waals surface area contributed by atoms with Gasteiger partial charge in [-0.3, -0.25) is 9.79 Å². The van der Waals surface area contributed by atoms with E-state index >= 15 is 0 Å². The van der Waals surface area contributed by atoms with Gasteiger partial charge in [-0.25, -0.2) is 0 Å². The second kappa shape index (κ2) is 11.0. The van der Waals surface area contributed by atoms with Crippen molar-refractivity contribution >= 4 is 28.6 Å². The van der Waals surface area contributed by atoms with E-state index in [1.807, 2.05) is 35.4 Å². The summed E-state index contributed by atoms with van der Waals surface area (Å²) in [5, 5.41) is 1.98. The zero-order valence-electron chi connectivity index (χ0n) is 21.2. The van der Waals surface area contributed by atoms with Gasteiger partial charge < -0.3 is 24.2 Å². The number of hydrogen-bond acceptors (Lipinski definition) is 6. The third-order valence-corrected chi connectivity index (χ3v) is 7.64. The van der Waals surface area contributed by atoms with Crippen molar-refractivity contribution in [2.45, 2.75) is 44.6 Å². The SMILES string of the molecule is COc1cc2cc3c(cc2cc1OCCCCCCN1CCN(C)CC1)C(=O)N1CCC[C@H]1C=N3. The molecular weight excluding hydrogens is 440 g/mol. The molecule has 3 aliphatic heterocycles. The molecule has 35 heavy (non-hydrogen) atoms. The molecule has 0 bridgehead atoms. The molecule has 2 aromatic rings. The van der Waals surface area contributed by atoms with Crippen LogP contribution in [-0.4, -0.2) is 92.9 Å². The number of unbranched alkanes of at least 4 members (excludes halogenated alkanes) is 3. The number of piperazine rings is 1. The van der Waals surface area contributed by atoms with Crippen LogP contribution < -0.4 is 9.47 Å². The molecule has 0 spiro atoms. The van der Waals surface area contributed by atoms with Gasteiger partial charge in [0.05, 0.1) is 31.0 Å². The lowest BCUT2D eigenvalue weighted by molar-refractivity contribution is 0.0775. The molecule has 2 saturated heterocycles. The van der Waals surface area contributed by atoms with Gasteiger partial charge in [0, 0.05) is 38.9 Å². The molecule has 0 N–H and O–H groups in total. The number of nitrogens with zero attached hydrogens (tertiary/aromatic N) is 4. The number of aliphatic imine (C=N–C) groups is 1. The fraction of sp³-hybridized carbons (Fsp3) is 0.571. The first-order chi connectivity index (χ1) is 17.1. The molecule has 0 aliphatic carbocycles. The van der Waals surface area contributed by atoms with E-state index in [0.717, 1.165) is 53.8 Å². The van der Waals surface area contributed by atoms with Crippen molar-refractivity contribution in [2.75, 3.05) is 60.0 Å². The number of carbonyl (C=O) groups is 1. The predicted octanol–water partition coefficient (Wildman–Crippen LogP) is 4.36. The van der Waals surface area contributed by atoms with Gasteiger partial charge in [-0.2, -0.15) is 0 Å². The quantitative estimate of drug-likeness (QED) is 0.502.